The molecule has 9 nitrogen and oxygen atoms in total. The first-order chi connectivity index (χ1) is 24.1. The van der Waals surface area contributed by atoms with Gasteiger partial charge in [-0.05, 0) is 139 Å². The Morgan fingerprint density at radius 2 is 1.27 bits per heavy atom. The molecule has 9 saturated carbocycles. The molecule has 0 aromatic rings. The summed E-state index contributed by atoms with van der Waals surface area (Å²) in [4.78, 5) is 46.7. The number of hydrogen-bond acceptors (Lipinski definition) is 9. The summed E-state index contributed by atoms with van der Waals surface area (Å²) in [6.45, 7) is 18.2. The number of fused-ring (bicyclic) bond motifs is 1. The molecule has 7 unspecified atom stereocenters. The van der Waals surface area contributed by atoms with E-state index in [2.05, 4.69) is 26.7 Å². The van der Waals surface area contributed by atoms with Crippen LogP contribution >= 0.6 is 0 Å². The molecule has 0 amide bonds. The average molecular weight is 707 g/mol. The fourth-order valence-electron chi connectivity index (χ4n) is 12.5. The second-order valence-electron chi connectivity index (χ2n) is 18.1. The van der Waals surface area contributed by atoms with Gasteiger partial charge < -0.3 is 24.1 Å². The topological polar surface area (TPSA) is 125 Å². The van der Waals surface area contributed by atoms with Crippen molar-refractivity contribution in [2.24, 2.45) is 53.3 Å². The van der Waals surface area contributed by atoms with Crippen molar-refractivity contribution in [1.82, 2.24) is 0 Å². The van der Waals surface area contributed by atoms with Crippen molar-refractivity contribution in [3.8, 4) is 0 Å². The second kappa shape index (κ2) is 13.6. The first-order valence-corrected chi connectivity index (χ1v) is 19.6. The van der Waals surface area contributed by atoms with E-state index in [-0.39, 0.29) is 65.5 Å². The van der Waals surface area contributed by atoms with Gasteiger partial charge >= 0.3 is 17.9 Å². The van der Waals surface area contributed by atoms with Crippen molar-refractivity contribution < 1.29 is 43.2 Å². The lowest BCUT2D eigenvalue weighted by Gasteiger charge is -2.60. The Balaban J connectivity index is 0.000000120. The summed E-state index contributed by atoms with van der Waals surface area (Å²) in [5.74, 6) is 4.04. The molecule has 51 heavy (non-hydrogen) atoms. The first-order valence-electron chi connectivity index (χ1n) is 19.6. The van der Waals surface area contributed by atoms with Crippen molar-refractivity contribution in [3.05, 3.63) is 36.5 Å². The van der Waals surface area contributed by atoms with Gasteiger partial charge in [-0.2, -0.15) is 0 Å². The highest BCUT2D eigenvalue weighted by molar-refractivity contribution is 5.89. The van der Waals surface area contributed by atoms with E-state index >= 15 is 0 Å². The van der Waals surface area contributed by atoms with Crippen molar-refractivity contribution in [1.29, 1.82) is 0 Å². The van der Waals surface area contributed by atoms with E-state index in [0.717, 1.165) is 50.4 Å². The molecule has 1 N–H and O–H groups in total. The van der Waals surface area contributed by atoms with E-state index < -0.39 is 5.60 Å². The van der Waals surface area contributed by atoms with Gasteiger partial charge in [0.05, 0.1) is 17.8 Å². The molecule has 11 rings (SSSR count). The standard InChI is InChI=1S/C16H24O2.C14H20O3.C12H14O4/c1-4-16(18-15(17)10(2)3)13-6-11-5-12(8-13)9-14(16)7-11;1-8(2)13(15)17-12-10-3-9-4-11(12)7-14(16,5-9)6-10;1-5(2)12(14)16-11-7-3-8(13)6-4-9(11)15-10(6)7/h11-14H,2,4-9H2,1,3H3;9-12,16H,1,3-7H2,2H3;6-7,9-11H,1,3-4H2,2H3. The predicted molar refractivity (Wildman–Crippen MR) is 189 cm³/mol. The van der Waals surface area contributed by atoms with Crippen LogP contribution in [0.4, 0.5) is 0 Å². The molecular formula is C42H58O9. The molecule has 7 atom stereocenters. The smallest absolute Gasteiger partial charge is 0.333 e. The molecule has 9 heteroatoms. The molecule has 11 fully saturated rings. The molecule has 280 valence electrons. The SMILES string of the molecule is C=C(C)C(=O)OC1(CC)C2CC3CC(C2)CC1C3.C=C(C)C(=O)OC1C2CC3C(=O)CC1C3O2.C=C(C)C(=O)OC1C2CC3CC1CC(O)(C3)C2. The van der Waals surface area contributed by atoms with Crippen molar-refractivity contribution in [2.45, 2.75) is 147 Å². The lowest BCUT2D eigenvalue weighted by Crippen LogP contribution is -2.59. The van der Waals surface area contributed by atoms with E-state index in [1.807, 2.05) is 0 Å². The van der Waals surface area contributed by atoms with Crippen LogP contribution in [0.25, 0.3) is 0 Å². The molecule has 2 heterocycles. The maximum Gasteiger partial charge on any atom is 0.333 e. The predicted octanol–water partition coefficient (Wildman–Crippen LogP) is 6.61. The second-order valence-corrected chi connectivity index (χ2v) is 18.1. The van der Waals surface area contributed by atoms with E-state index in [9.17, 15) is 24.3 Å². The minimum Gasteiger partial charge on any atom is -0.458 e. The molecule has 0 spiro atoms. The maximum atomic E-state index is 12.0. The average Bonchev–Trinajstić information content (AvgIpc) is 3.69. The number of carbonyl (C=O) groups excluding carboxylic acids is 4. The fraction of sp³-hybridized carbons (Fsp3) is 0.762. The van der Waals surface area contributed by atoms with Gasteiger partial charge in [-0.1, -0.05) is 26.7 Å². The molecule has 9 aliphatic carbocycles. The van der Waals surface area contributed by atoms with Crippen LogP contribution in [0.15, 0.2) is 36.5 Å². The molecule has 0 radical (unpaired) electrons. The lowest BCUT2D eigenvalue weighted by atomic mass is 9.49. The Labute approximate surface area is 302 Å². The monoisotopic (exact) mass is 706 g/mol. The van der Waals surface area contributed by atoms with Gasteiger partial charge in [-0.3, -0.25) is 4.79 Å². The fourth-order valence-corrected chi connectivity index (χ4v) is 12.5. The van der Waals surface area contributed by atoms with Gasteiger partial charge in [0.25, 0.3) is 0 Å². The number of aliphatic hydroxyl groups is 1. The Bertz CT molecular complexity index is 1450. The van der Waals surface area contributed by atoms with Gasteiger partial charge in [0.15, 0.2) is 0 Å². The van der Waals surface area contributed by atoms with Crippen LogP contribution in [0.2, 0.25) is 0 Å². The summed E-state index contributed by atoms with van der Waals surface area (Å²) in [6.07, 6.45) is 13.3. The molecule has 0 aromatic carbocycles. The summed E-state index contributed by atoms with van der Waals surface area (Å²) in [7, 11) is 0. The zero-order chi connectivity index (χ0) is 36.6. The number of hydrogen-bond donors (Lipinski definition) is 1. The Morgan fingerprint density at radius 1 is 0.745 bits per heavy atom. The third-order valence-electron chi connectivity index (χ3n) is 14.3. The highest BCUT2D eigenvalue weighted by Gasteiger charge is 2.63. The summed E-state index contributed by atoms with van der Waals surface area (Å²) in [5.41, 5.74) is 0.782. The van der Waals surface area contributed by atoms with E-state index in [0.29, 0.717) is 59.2 Å². The third kappa shape index (κ3) is 6.68. The zero-order valence-corrected chi connectivity index (χ0v) is 31.0. The van der Waals surface area contributed by atoms with Crippen LogP contribution in [0.5, 0.6) is 0 Å². The van der Waals surface area contributed by atoms with Crippen molar-refractivity contribution >= 4 is 23.7 Å². The number of carbonyl (C=O) groups is 4. The third-order valence-corrected chi connectivity index (χ3v) is 14.3. The Morgan fingerprint density at radius 3 is 1.76 bits per heavy atom. The van der Waals surface area contributed by atoms with Crippen LogP contribution in [-0.4, -0.2) is 64.4 Å². The van der Waals surface area contributed by atoms with Crippen LogP contribution < -0.4 is 0 Å². The van der Waals surface area contributed by atoms with Gasteiger partial charge in [0, 0.05) is 35.0 Å². The van der Waals surface area contributed by atoms with Crippen molar-refractivity contribution in [3.63, 3.8) is 0 Å². The van der Waals surface area contributed by atoms with Crippen LogP contribution in [-0.2, 0) is 38.1 Å². The Kier molecular flexibility index (Phi) is 9.73. The number of ether oxygens (including phenoxy) is 4. The molecule has 0 aromatic heterocycles. The number of esters is 3. The summed E-state index contributed by atoms with van der Waals surface area (Å²) >= 11 is 0. The van der Waals surface area contributed by atoms with Gasteiger partial charge in [0.1, 0.15) is 23.6 Å². The van der Waals surface area contributed by atoms with Crippen molar-refractivity contribution in [2.75, 3.05) is 0 Å². The van der Waals surface area contributed by atoms with E-state index in [1.54, 1.807) is 20.8 Å². The normalized spacial score (nSPS) is 45.3. The maximum absolute atomic E-state index is 12.0. The van der Waals surface area contributed by atoms with Crippen LogP contribution in [0.1, 0.15) is 111 Å². The molecule has 2 saturated heterocycles. The van der Waals surface area contributed by atoms with Gasteiger partial charge in [-0.25, -0.2) is 14.4 Å². The van der Waals surface area contributed by atoms with Gasteiger partial charge in [-0.15, -0.1) is 0 Å². The Hall–Kier alpha value is -2.78. The highest BCUT2D eigenvalue weighted by Crippen LogP contribution is 2.61. The largest absolute Gasteiger partial charge is 0.458 e. The minimum atomic E-state index is -0.456. The molecule has 11 aliphatic rings. The van der Waals surface area contributed by atoms with Gasteiger partial charge in [0.2, 0.25) is 0 Å². The number of rotatable bonds is 7. The molecule has 10 bridgehead atoms. The minimum absolute atomic E-state index is 0.000390. The number of ketones is 1. The summed E-state index contributed by atoms with van der Waals surface area (Å²) < 4.78 is 22.6. The van der Waals surface area contributed by atoms with Crippen LogP contribution in [0.3, 0.4) is 0 Å². The summed E-state index contributed by atoms with van der Waals surface area (Å²) in [5, 5.41) is 10.4. The quantitative estimate of drug-likeness (QED) is 0.177. The number of Topliss-reactive ketones (excluding diaryl/α,β-unsaturated/α-hetero) is 1. The molecule has 2 aliphatic heterocycles. The van der Waals surface area contributed by atoms with E-state index in [4.69, 9.17) is 18.9 Å². The molecular weight excluding hydrogens is 648 g/mol. The van der Waals surface area contributed by atoms with E-state index in [1.165, 1.54) is 32.1 Å². The zero-order valence-electron chi connectivity index (χ0n) is 31.0. The summed E-state index contributed by atoms with van der Waals surface area (Å²) in [6, 6.07) is 0. The first kappa shape index (κ1) is 36.6. The van der Waals surface area contributed by atoms with Crippen LogP contribution in [0, 0.1) is 53.3 Å². The lowest BCUT2D eigenvalue weighted by molar-refractivity contribution is -0.207. The highest BCUT2D eigenvalue weighted by atomic mass is 16.6.